The van der Waals surface area contributed by atoms with Gasteiger partial charge in [0.2, 0.25) is 0 Å². The van der Waals surface area contributed by atoms with Gasteiger partial charge in [-0.05, 0) is 60.2 Å². The molecule has 4 rings (SSSR count). The van der Waals surface area contributed by atoms with Crippen LogP contribution in [0.3, 0.4) is 0 Å². The highest BCUT2D eigenvalue weighted by atomic mass is 35.5. The Morgan fingerprint density at radius 2 is 1.83 bits per heavy atom. The third-order valence-corrected chi connectivity index (χ3v) is 4.80. The van der Waals surface area contributed by atoms with Crippen molar-refractivity contribution in [3.8, 4) is 22.7 Å². The van der Waals surface area contributed by atoms with Crippen molar-refractivity contribution in [2.45, 2.75) is 0 Å². The maximum Gasteiger partial charge on any atom is 0.189 e. The fourth-order valence-corrected chi connectivity index (χ4v) is 3.10. The van der Waals surface area contributed by atoms with Gasteiger partial charge in [-0.3, -0.25) is 9.78 Å². The highest BCUT2D eigenvalue weighted by Crippen LogP contribution is 2.25. The number of allylic oxidation sites excluding steroid dienone is 1. The third kappa shape index (κ3) is 4.31. The minimum absolute atomic E-state index is 0.148. The summed E-state index contributed by atoms with van der Waals surface area (Å²) in [6, 6.07) is 18.5. The van der Waals surface area contributed by atoms with Gasteiger partial charge in [-0.2, -0.15) is 5.10 Å². The van der Waals surface area contributed by atoms with Gasteiger partial charge in [0.05, 0.1) is 18.4 Å². The lowest BCUT2D eigenvalue weighted by Gasteiger charge is -2.01. The lowest BCUT2D eigenvalue weighted by atomic mass is 10.1. The molecule has 2 heterocycles. The number of hydrogen-bond acceptors (Lipinski definition) is 4. The summed E-state index contributed by atoms with van der Waals surface area (Å²) in [5.74, 6) is 0.617. The zero-order chi connectivity index (χ0) is 20.9. The summed E-state index contributed by atoms with van der Waals surface area (Å²) in [5.41, 5.74) is 3.54. The van der Waals surface area contributed by atoms with Crippen molar-refractivity contribution in [3.05, 3.63) is 101 Å². The second kappa shape index (κ2) is 8.76. The molecule has 30 heavy (non-hydrogen) atoms. The fraction of sp³-hybridized carbons (Fsp3) is 0.0417. The van der Waals surface area contributed by atoms with Crippen molar-refractivity contribution >= 4 is 23.5 Å². The fourth-order valence-electron chi connectivity index (χ4n) is 2.97. The first kappa shape index (κ1) is 19.6. The number of pyridine rings is 1. The molecule has 0 atom stereocenters. The smallest absolute Gasteiger partial charge is 0.189 e. The topological polar surface area (TPSA) is 57.0 Å². The Kier molecular flexibility index (Phi) is 5.72. The van der Waals surface area contributed by atoms with E-state index in [1.165, 1.54) is 0 Å². The van der Waals surface area contributed by atoms with Gasteiger partial charge in [0, 0.05) is 29.2 Å². The third-order valence-electron chi connectivity index (χ3n) is 4.55. The zero-order valence-electron chi connectivity index (χ0n) is 16.2. The monoisotopic (exact) mass is 415 g/mol. The van der Waals surface area contributed by atoms with Gasteiger partial charge in [-0.1, -0.05) is 29.8 Å². The van der Waals surface area contributed by atoms with Crippen LogP contribution >= 0.6 is 11.6 Å². The first-order chi connectivity index (χ1) is 14.6. The van der Waals surface area contributed by atoms with E-state index in [-0.39, 0.29) is 5.78 Å². The molecule has 0 aliphatic carbocycles. The molecule has 5 nitrogen and oxygen atoms in total. The van der Waals surface area contributed by atoms with E-state index < -0.39 is 0 Å². The van der Waals surface area contributed by atoms with Crippen molar-refractivity contribution in [1.29, 1.82) is 0 Å². The molecule has 148 valence electrons. The molecule has 0 N–H and O–H groups in total. The van der Waals surface area contributed by atoms with Crippen LogP contribution in [-0.2, 0) is 0 Å². The normalized spacial score (nSPS) is 11.0. The van der Waals surface area contributed by atoms with Crippen LogP contribution in [-0.4, -0.2) is 27.7 Å². The molecule has 0 fully saturated rings. The van der Waals surface area contributed by atoms with Crippen molar-refractivity contribution in [3.63, 3.8) is 0 Å². The number of ether oxygens (including phenoxy) is 1. The number of aromatic nitrogens is 3. The van der Waals surface area contributed by atoms with E-state index in [2.05, 4.69) is 10.1 Å². The summed E-state index contributed by atoms with van der Waals surface area (Å²) in [7, 11) is 1.62. The lowest BCUT2D eigenvalue weighted by Crippen LogP contribution is -1.95. The molecule has 0 spiro atoms. The van der Waals surface area contributed by atoms with Crippen LogP contribution < -0.4 is 4.74 Å². The van der Waals surface area contributed by atoms with Crippen LogP contribution in [0.2, 0.25) is 5.02 Å². The predicted molar refractivity (Wildman–Crippen MR) is 118 cm³/mol. The van der Waals surface area contributed by atoms with Crippen molar-refractivity contribution in [2.24, 2.45) is 0 Å². The van der Waals surface area contributed by atoms with Crippen molar-refractivity contribution in [1.82, 2.24) is 14.8 Å². The standard InChI is InChI=1S/C24H18ClN3O2/c1-30-21-11-4-17(5-12-21)6-13-23(29)22-16-28(20-9-7-19(25)8-10-20)27-24(22)18-3-2-14-26-15-18/h2-16H,1H3. The van der Waals surface area contributed by atoms with Gasteiger partial charge < -0.3 is 4.74 Å². The molecular weight excluding hydrogens is 398 g/mol. The van der Waals surface area contributed by atoms with E-state index in [0.717, 1.165) is 22.6 Å². The van der Waals surface area contributed by atoms with Gasteiger partial charge >= 0.3 is 0 Å². The molecule has 0 unspecified atom stereocenters. The van der Waals surface area contributed by atoms with Crippen molar-refractivity contribution in [2.75, 3.05) is 7.11 Å². The Morgan fingerprint density at radius 3 is 2.50 bits per heavy atom. The maximum absolute atomic E-state index is 13.0. The summed E-state index contributed by atoms with van der Waals surface area (Å²) in [6.07, 6.45) is 8.43. The Morgan fingerprint density at radius 1 is 1.07 bits per heavy atom. The van der Waals surface area contributed by atoms with Gasteiger partial charge in [-0.15, -0.1) is 0 Å². The first-order valence-corrected chi connectivity index (χ1v) is 9.64. The maximum atomic E-state index is 13.0. The number of hydrogen-bond donors (Lipinski definition) is 0. The number of rotatable bonds is 6. The summed E-state index contributed by atoms with van der Waals surface area (Å²) >= 11 is 5.99. The lowest BCUT2D eigenvalue weighted by molar-refractivity contribution is 0.104. The molecular formula is C24H18ClN3O2. The second-order valence-electron chi connectivity index (χ2n) is 6.52. The summed E-state index contributed by atoms with van der Waals surface area (Å²) in [6.45, 7) is 0. The molecule has 2 aromatic heterocycles. The first-order valence-electron chi connectivity index (χ1n) is 9.26. The Bertz CT molecular complexity index is 1180. The van der Waals surface area contributed by atoms with Crippen molar-refractivity contribution < 1.29 is 9.53 Å². The number of ketones is 1. The second-order valence-corrected chi connectivity index (χ2v) is 6.96. The minimum atomic E-state index is -0.148. The zero-order valence-corrected chi connectivity index (χ0v) is 17.0. The minimum Gasteiger partial charge on any atom is -0.497 e. The van der Waals surface area contributed by atoms with Crippen LogP contribution in [0.25, 0.3) is 23.0 Å². The van der Waals surface area contributed by atoms with Gasteiger partial charge in [0.15, 0.2) is 5.78 Å². The number of halogens is 1. The molecule has 0 radical (unpaired) electrons. The molecule has 0 bridgehead atoms. The number of methoxy groups -OCH3 is 1. The average molecular weight is 416 g/mol. The Labute approximate surface area is 179 Å². The molecule has 0 amide bonds. The van der Waals surface area contributed by atoms with Crippen LogP contribution in [0.15, 0.2) is 85.3 Å². The van der Waals surface area contributed by atoms with Gasteiger partial charge in [-0.25, -0.2) is 4.68 Å². The van der Waals surface area contributed by atoms with Crippen LogP contribution in [0.4, 0.5) is 0 Å². The highest BCUT2D eigenvalue weighted by Gasteiger charge is 2.17. The molecule has 0 saturated carbocycles. The number of carbonyl (C=O) groups excluding carboxylic acids is 1. The van der Waals surface area contributed by atoms with Gasteiger partial charge in [0.25, 0.3) is 0 Å². The SMILES string of the molecule is COc1ccc(C=CC(=O)c2cn(-c3ccc(Cl)cc3)nc2-c2cccnc2)cc1. The molecule has 2 aromatic carbocycles. The number of nitrogens with zero attached hydrogens (tertiary/aromatic N) is 3. The van der Waals surface area contributed by atoms with E-state index in [0.29, 0.717) is 16.3 Å². The number of carbonyl (C=O) groups is 1. The highest BCUT2D eigenvalue weighted by molar-refractivity contribution is 6.30. The molecule has 0 saturated heterocycles. The molecule has 6 heteroatoms. The van der Waals surface area contributed by atoms with E-state index in [1.54, 1.807) is 54.7 Å². The molecule has 4 aromatic rings. The predicted octanol–water partition coefficient (Wildman–Crippen LogP) is 5.49. The van der Waals surface area contributed by atoms with E-state index in [1.807, 2.05) is 48.5 Å². The molecule has 0 aliphatic rings. The van der Waals surface area contributed by atoms with Gasteiger partial charge in [0.1, 0.15) is 11.4 Å². The summed E-state index contributed by atoms with van der Waals surface area (Å²) in [4.78, 5) is 17.2. The van der Waals surface area contributed by atoms with Crippen LogP contribution in [0.5, 0.6) is 5.75 Å². The van der Waals surface area contributed by atoms with E-state index >= 15 is 0 Å². The van der Waals surface area contributed by atoms with E-state index in [9.17, 15) is 4.79 Å². The summed E-state index contributed by atoms with van der Waals surface area (Å²) < 4.78 is 6.84. The number of benzene rings is 2. The quantitative estimate of drug-likeness (QED) is 0.308. The van der Waals surface area contributed by atoms with Crippen LogP contribution in [0, 0.1) is 0 Å². The summed E-state index contributed by atoms with van der Waals surface area (Å²) in [5, 5.41) is 5.28. The molecule has 0 aliphatic heterocycles. The Hall–Kier alpha value is -3.70. The largest absolute Gasteiger partial charge is 0.497 e. The average Bonchev–Trinajstić information content (AvgIpc) is 3.24. The van der Waals surface area contributed by atoms with Crippen LogP contribution in [0.1, 0.15) is 15.9 Å². The van der Waals surface area contributed by atoms with E-state index in [4.69, 9.17) is 16.3 Å². The Balaban J connectivity index is 1.70.